The van der Waals surface area contributed by atoms with E-state index in [4.69, 9.17) is 4.74 Å². The van der Waals surface area contributed by atoms with Gasteiger partial charge in [0, 0.05) is 32.2 Å². The van der Waals surface area contributed by atoms with E-state index in [9.17, 15) is 5.11 Å². The summed E-state index contributed by atoms with van der Waals surface area (Å²) in [7, 11) is 1.58. The van der Waals surface area contributed by atoms with Gasteiger partial charge in [-0.25, -0.2) is 9.97 Å². The largest absolute Gasteiger partial charge is 0.391 e. The maximum atomic E-state index is 9.60. The summed E-state index contributed by atoms with van der Waals surface area (Å²) in [6.07, 6.45) is 0.165. The Morgan fingerprint density at radius 3 is 2.45 bits per heavy atom. The SMILES string of the molecule is CCNc1cc(NCCC(O)COC)nc(C(C)C)n1. The highest BCUT2D eigenvalue weighted by molar-refractivity contribution is 5.47. The summed E-state index contributed by atoms with van der Waals surface area (Å²) in [6, 6.07) is 1.89. The number of aliphatic hydroxyl groups is 1. The zero-order chi connectivity index (χ0) is 15.0. The molecule has 0 radical (unpaired) electrons. The van der Waals surface area contributed by atoms with Crippen molar-refractivity contribution in [2.45, 2.75) is 39.2 Å². The highest BCUT2D eigenvalue weighted by Crippen LogP contribution is 2.17. The minimum atomic E-state index is -0.452. The molecule has 0 aliphatic heterocycles. The number of ether oxygens (including phenoxy) is 1. The zero-order valence-corrected chi connectivity index (χ0v) is 12.8. The third-order valence-corrected chi connectivity index (χ3v) is 2.76. The van der Waals surface area contributed by atoms with Crippen molar-refractivity contribution in [3.8, 4) is 0 Å². The van der Waals surface area contributed by atoms with Gasteiger partial charge in [0.25, 0.3) is 0 Å². The Labute approximate surface area is 121 Å². The number of nitrogens with zero attached hydrogens (tertiary/aromatic N) is 2. The van der Waals surface area contributed by atoms with Gasteiger partial charge >= 0.3 is 0 Å². The van der Waals surface area contributed by atoms with Crippen LogP contribution in [0.3, 0.4) is 0 Å². The molecule has 6 heteroatoms. The van der Waals surface area contributed by atoms with Crippen LogP contribution in [-0.2, 0) is 4.74 Å². The van der Waals surface area contributed by atoms with Crippen molar-refractivity contribution in [2.24, 2.45) is 0 Å². The third kappa shape index (κ3) is 5.71. The molecule has 1 aromatic rings. The highest BCUT2D eigenvalue weighted by atomic mass is 16.5. The van der Waals surface area contributed by atoms with Gasteiger partial charge < -0.3 is 20.5 Å². The smallest absolute Gasteiger partial charge is 0.135 e. The lowest BCUT2D eigenvalue weighted by molar-refractivity contribution is 0.0615. The number of anilines is 2. The molecule has 0 aliphatic carbocycles. The van der Waals surface area contributed by atoms with Crippen LogP contribution in [0.25, 0.3) is 0 Å². The number of hydrogen-bond donors (Lipinski definition) is 3. The maximum Gasteiger partial charge on any atom is 0.135 e. The van der Waals surface area contributed by atoms with Crippen LogP contribution in [0, 0.1) is 0 Å². The molecule has 0 saturated carbocycles. The Kier molecular flexibility index (Phi) is 7.25. The summed E-state index contributed by atoms with van der Waals surface area (Å²) in [5.41, 5.74) is 0. The van der Waals surface area contributed by atoms with Gasteiger partial charge in [-0.2, -0.15) is 0 Å². The molecule has 1 heterocycles. The first kappa shape index (κ1) is 16.7. The molecule has 20 heavy (non-hydrogen) atoms. The second-order valence-corrected chi connectivity index (χ2v) is 5.01. The molecule has 0 amide bonds. The lowest BCUT2D eigenvalue weighted by Gasteiger charge is -2.13. The summed E-state index contributed by atoms with van der Waals surface area (Å²) in [5, 5.41) is 16.0. The molecule has 6 nitrogen and oxygen atoms in total. The molecule has 1 unspecified atom stereocenters. The quantitative estimate of drug-likeness (QED) is 0.641. The predicted molar refractivity (Wildman–Crippen MR) is 81.3 cm³/mol. The molecule has 0 bridgehead atoms. The lowest BCUT2D eigenvalue weighted by Crippen LogP contribution is -2.19. The van der Waals surface area contributed by atoms with E-state index in [0.29, 0.717) is 19.6 Å². The first-order valence-corrected chi connectivity index (χ1v) is 7.10. The van der Waals surface area contributed by atoms with Crippen molar-refractivity contribution in [2.75, 3.05) is 37.4 Å². The fourth-order valence-electron chi connectivity index (χ4n) is 1.73. The van der Waals surface area contributed by atoms with E-state index < -0.39 is 6.10 Å². The van der Waals surface area contributed by atoms with E-state index in [1.54, 1.807) is 7.11 Å². The molecule has 0 aliphatic rings. The van der Waals surface area contributed by atoms with Gasteiger partial charge in [0.05, 0.1) is 12.7 Å². The summed E-state index contributed by atoms with van der Waals surface area (Å²) in [5.74, 6) is 2.69. The molecule has 3 N–H and O–H groups in total. The average molecular weight is 282 g/mol. The van der Waals surface area contributed by atoms with Crippen molar-refractivity contribution in [1.29, 1.82) is 0 Å². The van der Waals surface area contributed by atoms with Gasteiger partial charge in [-0.3, -0.25) is 0 Å². The number of aliphatic hydroxyl groups excluding tert-OH is 1. The van der Waals surface area contributed by atoms with Gasteiger partial charge in [-0.05, 0) is 13.3 Å². The number of nitrogens with one attached hydrogen (secondary N) is 2. The van der Waals surface area contributed by atoms with E-state index >= 15 is 0 Å². The number of hydrogen-bond acceptors (Lipinski definition) is 6. The molecular formula is C14H26N4O2. The topological polar surface area (TPSA) is 79.3 Å². The van der Waals surface area contributed by atoms with Gasteiger partial charge in [0.2, 0.25) is 0 Å². The fourth-order valence-corrected chi connectivity index (χ4v) is 1.73. The maximum absolute atomic E-state index is 9.60. The number of methoxy groups -OCH3 is 1. The first-order chi connectivity index (χ1) is 9.56. The molecule has 1 rings (SSSR count). The van der Waals surface area contributed by atoms with Crippen molar-refractivity contribution in [1.82, 2.24) is 9.97 Å². The lowest BCUT2D eigenvalue weighted by atomic mass is 10.2. The van der Waals surface area contributed by atoms with Crippen LogP contribution >= 0.6 is 0 Å². The number of aromatic nitrogens is 2. The molecule has 114 valence electrons. The monoisotopic (exact) mass is 282 g/mol. The summed E-state index contributed by atoms with van der Waals surface area (Å²) in [6.45, 7) is 7.98. The Hall–Kier alpha value is -1.40. The van der Waals surface area contributed by atoms with Gasteiger partial charge in [-0.1, -0.05) is 13.8 Å². The van der Waals surface area contributed by atoms with E-state index in [0.717, 1.165) is 24.0 Å². The summed E-state index contributed by atoms with van der Waals surface area (Å²) >= 11 is 0. The average Bonchev–Trinajstić information content (AvgIpc) is 2.39. The second-order valence-electron chi connectivity index (χ2n) is 5.01. The summed E-state index contributed by atoms with van der Waals surface area (Å²) in [4.78, 5) is 8.95. The molecule has 0 fully saturated rings. The highest BCUT2D eigenvalue weighted by Gasteiger charge is 2.08. The zero-order valence-electron chi connectivity index (χ0n) is 12.8. The standard InChI is InChI=1S/C14H26N4O2/c1-5-15-12-8-13(18-14(17-12)10(2)3)16-7-6-11(19)9-20-4/h8,10-11,19H,5-7,9H2,1-4H3,(H2,15,16,17,18). The first-order valence-electron chi connectivity index (χ1n) is 7.10. The molecule has 0 spiro atoms. The van der Waals surface area contributed by atoms with Crippen LogP contribution in [0.1, 0.15) is 38.9 Å². The minimum absolute atomic E-state index is 0.272. The van der Waals surface area contributed by atoms with Crippen LogP contribution < -0.4 is 10.6 Å². The predicted octanol–water partition coefficient (Wildman–Crippen LogP) is 1.84. The van der Waals surface area contributed by atoms with E-state index in [1.807, 2.05) is 13.0 Å². The minimum Gasteiger partial charge on any atom is -0.391 e. The summed E-state index contributed by atoms with van der Waals surface area (Å²) < 4.78 is 4.89. The van der Waals surface area contributed by atoms with E-state index in [2.05, 4.69) is 34.4 Å². The van der Waals surface area contributed by atoms with Crippen molar-refractivity contribution < 1.29 is 9.84 Å². The van der Waals surface area contributed by atoms with Crippen molar-refractivity contribution in [3.05, 3.63) is 11.9 Å². The van der Waals surface area contributed by atoms with Crippen LogP contribution in [-0.4, -0.2) is 48.0 Å². The Bertz CT molecular complexity index is 399. The molecule has 1 atom stereocenters. The third-order valence-electron chi connectivity index (χ3n) is 2.76. The van der Waals surface area contributed by atoms with Crippen LogP contribution in [0.4, 0.5) is 11.6 Å². The van der Waals surface area contributed by atoms with E-state index in [1.165, 1.54) is 0 Å². The van der Waals surface area contributed by atoms with Crippen LogP contribution in [0.15, 0.2) is 6.07 Å². The Morgan fingerprint density at radius 1 is 1.25 bits per heavy atom. The second kappa shape index (κ2) is 8.71. The van der Waals surface area contributed by atoms with Gasteiger partial charge in [0.1, 0.15) is 17.5 Å². The van der Waals surface area contributed by atoms with E-state index in [-0.39, 0.29) is 5.92 Å². The van der Waals surface area contributed by atoms with Crippen LogP contribution in [0.5, 0.6) is 0 Å². The molecule has 0 aromatic carbocycles. The molecule has 1 aromatic heterocycles. The number of rotatable bonds is 9. The van der Waals surface area contributed by atoms with Crippen molar-refractivity contribution in [3.63, 3.8) is 0 Å². The Morgan fingerprint density at radius 2 is 1.90 bits per heavy atom. The normalized spacial score (nSPS) is 12.5. The fraction of sp³-hybridized carbons (Fsp3) is 0.714. The molecule has 0 saturated heterocycles. The van der Waals surface area contributed by atoms with Gasteiger partial charge in [0.15, 0.2) is 0 Å². The Balaban J connectivity index is 2.63. The molecular weight excluding hydrogens is 256 g/mol. The van der Waals surface area contributed by atoms with Crippen LogP contribution in [0.2, 0.25) is 0 Å². The van der Waals surface area contributed by atoms with Crippen molar-refractivity contribution >= 4 is 11.6 Å². The van der Waals surface area contributed by atoms with Gasteiger partial charge in [-0.15, -0.1) is 0 Å².